The first-order valence-corrected chi connectivity index (χ1v) is 3.49. The minimum atomic E-state index is -0.796. The topological polar surface area (TPSA) is 26.3 Å². The van der Waals surface area contributed by atoms with Crippen molar-refractivity contribution in [2.24, 2.45) is 0 Å². The largest absolute Gasteiger partial charge is 0.451 e. The van der Waals surface area contributed by atoms with Crippen molar-refractivity contribution >= 4 is 29.2 Å². The molecule has 0 radical (unpaired) electrons. The number of esters is 1. The second-order valence-electron chi connectivity index (χ2n) is 1.43. The predicted molar refractivity (Wildman–Crippen MR) is 40.2 cm³/mol. The molecule has 0 heterocycles. The SMILES string of the molecule is C#CCOC(=O)C(Cl)CCl. The number of hydrogen-bond acceptors (Lipinski definition) is 2. The van der Waals surface area contributed by atoms with Crippen LogP contribution in [0, 0.1) is 12.3 Å². The highest BCUT2D eigenvalue weighted by Crippen LogP contribution is 2.00. The molecule has 0 bridgehead atoms. The lowest BCUT2D eigenvalue weighted by atomic mass is 10.5. The lowest BCUT2D eigenvalue weighted by molar-refractivity contribution is -0.141. The number of alkyl halides is 2. The van der Waals surface area contributed by atoms with Crippen LogP contribution in [0.5, 0.6) is 0 Å². The molecule has 0 amide bonds. The highest BCUT2D eigenvalue weighted by molar-refractivity contribution is 6.35. The maximum Gasteiger partial charge on any atom is 0.326 e. The van der Waals surface area contributed by atoms with Gasteiger partial charge in [-0.05, 0) is 0 Å². The van der Waals surface area contributed by atoms with Gasteiger partial charge in [-0.25, -0.2) is 0 Å². The molecule has 0 saturated heterocycles. The van der Waals surface area contributed by atoms with Gasteiger partial charge in [0.1, 0.15) is 5.38 Å². The maximum absolute atomic E-state index is 10.6. The monoisotopic (exact) mass is 180 g/mol. The zero-order valence-corrected chi connectivity index (χ0v) is 6.65. The first-order valence-electron chi connectivity index (χ1n) is 2.52. The Labute approximate surface area is 69.4 Å². The molecule has 0 N–H and O–H groups in total. The molecule has 4 heteroatoms. The molecule has 0 spiro atoms. The molecule has 0 aliphatic carbocycles. The summed E-state index contributed by atoms with van der Waals surface area (Å²) in [7, 11) is 0. The van der Waals surface area contributed by atoms with E-state index >= 15 is 0 Å². The molecule has 0 aromatic carbocycles. The molecule has 1 unspecified atom stereocenters. The standard InChI is InChI=1S/C6H6Cl2O2/c1-2-3-10-6(9)5(8)4-7/h1,5H,3-4H2. The summed E-state index contributed by atoms with van der Waals surface area (Å²) < 4.78 is 4.45. The van der Waals surface area contributed by atoms with Gasteiger partial charge in [-0.2, -0.15) is 0 Å². The lowest BCUT2D eigenvalue weighted by Crippen LogP contribution is -2.19. The molecule has 1 atom stereocenters. The molecule has 0 aliphatic heterocycles. The minimum Gasteiger partial charge on any atom is -0.451 e. The van der Waals surface area contributed by atoms with Crippen LogP contribution >= 0.6 is 23.2 Å². The molecule has 0 aromatic rings. The second-order valence-corrected chi connectivity index (χ2v) is 2.27. The summed E-state index contributed by atoms with van der Waals surface area (Å²) in [5, 5.41) is -0.796. The molecule has 0 saturated carbocycles. The summed E-state index contributed by atoms with van der Waals surface area (Å²) in [5.41, 5.74) is 0. The van der Waals surface area contributed by atoms with E-state index in [1.54, 1.807) is 0 Å². The fraction of sp³-hybridized carbons (Fsp3) is 0.500. The summed E-state index contributed by atoms with van der Waals surface area (Å²) in [4.78, 5) is 10.6. The van der Waals surface area contributed by atoms with Gasteiger partial charge in [0.2, 0.25) is 0 Å². The average molecular weight is 181 g/mol. The van der Waals surface area contributed by atoms with Crippen LogP contribution in [0.2, 0.25) is 0 Å². The quantitative estimate of drug-likeness (QED) is 0.369. The molecule has 0 fully saturated rings. The van der Waals surface area contributed by atoms with Crippen LogP contribution in [0.25, 0.3) is 0 Å². The van der Waals surface area contributed by atoms with E-state index in [9.17, 15) is 4.79 Å². The highest BCUT2D eigenvalue weighted by Gasteiger charge is 2.14. The van der Waals surface area contributed by atoms with Crippen molar-refractivity contribution < 1.29 is 9.53 Å². The Balaban J connectivity index is 3.54. The van der Waals surface area contributed by atoms with Crippen LogP contribution in [0.1, 0.15) is 0 Å². The van der Waals surface area contributed by atoms with E-state index < -0.39 is 11.3 Å². The van der Waals surface area contributed by atoms with Crippen molar-refractivity contribution in [3.8, 4) is 12.3 Å². The van der Waals surface area contributed by atoms with Gasteiger partial charge in [-0.1, -0.05) is 5.92 Å². The number of rotatable bonds is 3. The zero-order valence-electron chi connectivity index (χ0n) is 5.14. The number of hydrogen-bond donors (Lipinski definition) is 0. The van der Waals surface area contributed by atoms with Crippen LogP contribution in [-0.4, -0.2) is 23.8 Å². The van der Waals surface area contributed by atoms with Crippen LogP contribution in [-0.2, 0) is 9.53 Å². The van der Waals surface area contributed by atoms with Crippen molar-refractivity contribution in [2.45, 2.75) is 5.38 Å². The first-order chi connectivity index (χ1) is 4.72. The van der Waals surface area contributed by atoms with Gasteiger partial charge in [0.05, 0.1) is 0 Å². The molecular weight excluding hydrogens is 175 g/mol. The number of terminal acetylenes is 1. The third kappa shape index (κ3) is 3.60. The number of carbonyl (C=O) groups excluding carboxylic acids is 1. The molecule has 2 nitrogen and oxygen atoms in total. The number of carbonyl (C=O) groups is 1. The van der Waals surface area contributed by atoms with Crippen molar-refractivity contribution in [1.29, 1.82) is 0 Å². The van der Waals surface area contributed by atoms with E-state index in [1.165, 1.54) is 0 Å². The summed E-state index contributed by atoms with van der Waals surface area (Å²) in [6.07, 6.45) is 4.82. The van der Waals surface area contributed by atoms with Gasteiger partial charge in [0.15, 0.2) is 6.61 Å². The summed E-state index contributed by atoms with van der Waals surface area (Å²) in [6, 6.07) is 0. The normalized spacial score (nSPS) is 11.7. The van der Waals surface area contributed by atoms with E-state index in [-0.39, 0.29) is 12.5 Å². The molecule has 0 aromatic heterocycles. The molecule has 0 rings (SSSR count). The highest BCUT2D eigenvalue weighted by atomic mass is 35.5. The zero-order chi connectivity index (χ0) is 7.98. The van der Waals surface area contributed by atoms with Crippen LogP contribution in [0.4, 0.5) is 0 Å². The Hall–Kier alpha value is -0.390. The minimum absolute atomic E-state index is 0.0327. The van der Waals surface area contributed by atoms with Crippen molar-refractivity contribution in [1.82, 2.24) is 0 Å². The average Bonchev–Trinajstić information content (AvgIpc) is 1.98. The number of halogens is 2. The van der Waals surface area contributed by atoms with E-state index in [4.69, 9.17) is 29.6 Å². The summed E-state index contributed by atoms with van der Waals surface area (Å²) in [6.45, 7) is -0.0566. The molecule has 56 valence electrons. The van der Waals surface area contributed by atoms with Gasteiger partial charge < -0.3 is 4.74 Å². The van der Waals surface area contributed by atoms with E-state index in [2.05, 4.69) is 10.7 Å². The summed E-state index contributed by atoms with van der Waals surface area (Å²) >= 11 is 10.6. The van der Waals surface area contributed by atoms with E-state index in [0.717, 1.165) is 0 Å². The number of ether oxygens (including phenoxy) is 1. The Bertz CT molecular complexity index is 150. The van der Waals surface area contributed by atoms with Crippen LogP contribution < -0.4 is 0 Å². The molecule has 10 heavy (non-hydrogen) atoms. The Morgan fingerprint density at radius 3 is 2.80 bits per heavy atom. The van der Waals surface area contributed by atoms with Gasteiger partial charge >= 0.3 is 5.97 Å². The van der Waals surface area contributed by atoms with E-state index in [0.29, 0.717) is 0 Å². The van der Waals surface area contributed by atoms with Gasteiger partial charge in [-0.15, -0.1) is 29.6 Å². The fourth-order valence-electron chi connectivity index (χ4n) is 0.266. The smallest absolute Gasteiger partial charge is 0.326 e. The lowest BCUT2D eigenvalue weighted by Gasteiger charge is -2.02. The van der Waals surface area contributed by atoms with Gasteiger partial charge in [-0.3, -0.25) is 4.79 Å². The first kappa shape index (κ1) is 9.61. The fourth-order valence-corrected chi connectivity index (χ4v) is 0.455. The van der Waals surface area contributed by atoms with E-state index in [1.807, 2.05) is 0 Å². The third-order valence-electron chi connectivity index (χ3n) is 0.689. The van der Waals surface area contributed by atoms with Crippen LogP contribution in [0.3, 0.4) is 0 Å². The maximum atomic E-state index is 10.6. The summed E-state index contributed by atoms with van der Waals surface area (Å²) in [5.74, 6) is 1.59. The van der Waals surface area contributed by atoms with Crippen molar-refractivity contribution in [2.75, 3.05) is 12.5 Å². The van der Waals surface area contributed by atoms with Crippen molar-refractivity contribution in [3.05, 3.63) is 0 Å². The molecular formula is C6H6Cl2O2. The Morgan fingerprint density at radius 2 is 2.40 bits per heavy atom. The Kier molecular flexibility index (Phi) is 5.19. The third-order valence-corrected chi connectivity index (χ3v) is 1.49. The van der Waals surface area contributed by atoms with Gasteiger partial charge in [0.25, 0.3) is 0 Å². The van der Waals surface area contributed by atoms with Crippen molar-refractivity contribution in [3.63, 3.8) is 0 Å². The van der Waals surface area contributed by atoms with Gasteiger partial charge in [0, 0.05) is 5.88 Å². The second kappa shape index (κ2) is 5.40. The van der Waals surface area contributed by atoms with Crippen LogP contribution in [0.15, 0.2) is 0 Å². The predicted octanol–water partition coefficient (Wildman–Crippen LogP) is 1.01. The Morgan fingerprint density at radius 1 is 1.80 bits per heavy atom. The molecule has 0 aliphatic rings.